The van der Waals surface area contributed by atoms with Crippen LogP contribution in [0, 0.1) is 16.0 Å². The van der Waals surface area contributed by atoms with Gasteiger partial charge in [0.2, 0.25) is 5.70 Å². The molecule has 1 rings (SSSR count). The van der Waals surface area contributed by atoms with Crippen LogP contribution in [0.15, 0.2) is 30.2 Å². The Hall–Kier alpha value is -1.71. The van der Waals surface area contributed by atoms with E-state index in [1.165, 1.54) is 0 Å². The molecular formula is C10H12N2O2. The molecule has 0 atom stereocenters. The minimum Gasteiger partial charge on any atom is -0.265 e. The topological polar surface area (TPSA) is 56.0 Å². The van der Waals surface area contributed by atoms with Gasteiger partial charge in [-0.2, -0.15) is 0 Å². The van der Waals surface area contributed by atoms with Crippen LogP contribution in [0.3, 0.4) is 0 Å². The fraction of sp³-hybridized carbons (Fsp3) is 0.300. The molecule has 0 aliphatic rings. The van der Waals surface area contributed by atoms with Gasteiger partial charge in [-0.25, -0.2) is 0 Å². The SMILES string of the molecule is CC(C)/C(=C/c1ccncc1)[N+](=O)[O-]. The molecule has 0 fully saturated rings. The molecule has 0 bridgehead atoms. The minimum atomic E-state index is -0.342. The first kappa shape index (κ1) is 10.4. The van der Waals surface area contributed by atoms with E-state index in [1.54, 1.807) is 44.4 Å². The van der Waals surface area contributed by atoms with Gasteiger partial charge in [0.05, 0.1) is 4.92 Å². The van der Waals surface area contributed by atoms with Gasteiger partial charge in [-0.05, 0) is 17.7 Å². The summed E-state index contributed by atoms with van der Waals surface area (Å²) in [4.78, 5) is 14.2. The minimum absolute atomic E-state index is 0.0850. The summed E-state index contributed by atoms with van der Waals surface area (Å²) >= 11 is 0. The molecule has 1 heterocycles. The van der Waals surface area contributed by atoms with E-state index in [0.29, 0.717) is 0 Å². The Morgan fingerprint density at radius 1 is 1.50 bits per heavy atom. The van der Waals surface area contributed by atoms with Crippen molar-refractivity contribution < 1.29 is 4.92 Å². The average Bonchev–Trinajstić information content (AvgIpc) is 2.15. The summed E-state index contributed by atoms with van der Waals surface area (Å²) in [5, 5.41) is 10.7. The molecular weight excluding hydrogens is 180 g/mol. The van der Waals surface area contributed by atoms with Crippen molar-refractivity contribution in [1.82, 2.24) is 4.98 Å². The van der Waals surface area contributed by atoms with Crippen molar-refractivity contribution in [2.45, 2.75) is 13.8 Å². The molecule has 0 unspecified atom stereocenters. The molecule has 0 radical (unpaired) electrons. The third kappa shape index (κ3) is 2.65. The van der Waals surface area contributed by atoms with E-state index >= 15 is 0 Å². The summed E-state index contributed by atoms with van der Waals surface area (Å²) in [6.45, 7) is 3.60. The maximum absolute atomic E-state index is 10.7. The van der Waals surface area contributed by atoms with Crippen molar-refractivity contribution in [3.8, 4) is 0 Å². The highest BCUT2D eigenvalue weighted by molar-refractivity contribution is 5.50. The average molecular weight is 192 g/mol. The van der Waals surface area contributed by atoms with Crippen molar-refractivity contribution in [2.75, 3.05) is 0 Å². The lowest BCUT2D eigenvalue weighted by molar-refractivity contribution is -0.431. The van der Waals surface area contributed by atoms with E-state index < -0.39 is 0 Å². The highest BCUT2D eigenvalue weighted by Crippen LogP contribution is 2.14. The van der Waals surface area contributed by atoms with Crippen molar-refractivity contribution in [2.24, 2.45) is 5.92 Å². The number of hydrogen-bond acceptors (Lipinski definition) is 3. The lowest BCUT2D eigenvalue weighted by Crippen LogP contribution is -2.05. The van der Waals surface area contributed by atoms with E-state index in [9.17, 15) is 10.1 Å². The van der Waals surface area contributed by atoms with Crippen molar-refractivity contribution in [1.29, 1.82) is 0 Å². The van der Waals surface area contributed by atoms with E-state index in [-0.39, 0.29) is 16.5 Å². The van der Waals surface area contributed by atoms with Gasteiger partial charge in [0.1, 0.15) is 0 Å². The molecule has 1 aromatic heterocycles. The normalized spacial score (nSPS) is 11.8. The molecule has 0 spiro atoms. The summed E-state index contributed by atoms with van der Waals surface area (Å²) in [5.41, 5.74) is 1.02. The molecule has 14 heavy (non-hydrogen) atoms. The fourth-order valence-corrected chi connectivity index (χ4v) is 1.06. The van der Waals surface area contributed by atoms with Gasteiger partial charge in [0.25, 0.3) is 0 Å². The van der Waals surface area contributed by atoms with E-state index in [1.807, 2.05) is 0 Å². The molecule has 0 saturated carbocycles. The molecule has 0 aromatic carbocycles. The van der Waals surface area contributed by atoms with Crippen LogP contribution < -0.4 is 0 Å². The number of aromatic nitrogens is 1. The highest BCUT2D eigenvalue weighted by atomic mass is 16.6. The quantitative estimate of drug-likeness (QED) is 0.545. The largest absolute Gasteiger partial charge is 0.265 e. The predicted molar refractivity (Wildman–Crippen MR) is 54.0 cm³/mol. The van der Waals surface area contributed by atoms with Crippen LogP contribution in [0.4, 0.5) is 0 Å². The maximum Gasteiger partial charge on any atom is 0.249 e. The molecule has 0 aliphatic heterocycles. The summed E-state index contributed by atoms with van der Waals surface area (Å²) in [6.07, 6.45) is 4.81. The Labute approximate surface area is 82.4 Å². The first-order valence-corrected chi connectivity index (χ1v) is 4.37. The van der Waals surface area contributed by atoms with Crippen molar-refractivity contribution in [3.05, 3.63) is 45.9 Å². The molecule has 0 aliphatic carbocycles. The zero-order valence-electron chi connectivity index (χ0n) is 8.18. The molecule has 74 valence electrons. The summed E-state index contributed by atoms with van der Waals surface area (Å²) < 4.78 is 0. The Kier molecular flexibility index (Phi) is 3.34. The van der Waals surface area contributed by atoms with Crippen LogP contribution in [0.5, 0.6) is 0 Å². The molecule has 0 N–H and O–H groups in total. The van der Waals surface area contributed by atoms with Crippen LogP contribution in [-0.4, -0.2) is 9.91 Å². The lowest BCUT2D eigenvalue weighted by Gasteiger charge is -2.01. The van der Waals surface area contributed by atoms with Gasteiger partial charge >= 0.3 is 0 Å². The highest BCUT2D eigenvalue weighted by Gasteiger charge is 2.14. The zero-order valence-corrected chi connectivity index (χ0v) is 8.18. The van der Waals surface area contributed by atoms with Crippen LogP contribution in [0.2, 0.25) is 0 Å². The summed E-state index contributed by atoms with van der Waals surface area (Å²) in [7, 11) is 0. The van der Waals surface area contributed by atoms with Gasteiger partial charge in [-0.3, -0.25) is 15.1 Å². The smallest absolute Gasteiger partial charge is 0.249 e. The Balaban J connectivity index is 3.00. The number of pyridine rings is 1. The number of allylic oxidation sites excluding steroid dienone is 1. The summed E-state index contributed by atoms with van der Waals surface area (Å²) in [5.74, 6) is -0.0850. The molecule has 0 saturated heterocycles. The standard InChI is InChI=1S/C10H12N2O2/c1-8(2)10(12(13)14)7-9-3-5-11-6-4-9/h3-8H,1-2H3/b10-7-. The van der Waals surface area contributed by atoms with E-state index in [2.05, 4.69) is 4.98 Å². The van der Waals surface area contributed by atoms with E-state index in [0.717, 1.165) is 5.56 Å². The molecule has 1 aromatic rings. The summed E-state index contributed by atoms with van der Waals surface area (Å²) in [6, 6.07) is 3.48. The zero-order chi connectivity index (χ0) is 10.6. The van der Waals surface area contributed by atoms with Crippen LogP contribution in [0.25, 0.3) is 6.08 Å². The monoisotopic (exact) mass is 192 g/mol. The second-order valence-corrected chi connectivity index (χ2v) is 3.26. The van der Waals surface area contributed by atoms with Gasteiger partial charge in [0, 0.05) is 24.4 Å². The van der Waals surface area contributed by atoms with Crippen LogP contribution >= 0.6 is 0 Å². The molecule has 4 heteroatoms. The number of hydrogen-bond donors (Lipinski definition) is 0. The van der Waals surface area contributed by atoms with Crippen molar-refractivity contribution in [3.63, 3.8) is 0 Å². The maximum atomic E-state index is 10.7. The second-order valence-electron chi connectivity index (χ2n) is 3.26. The van der Waals surface area contributed by atoms with Gasteiger partial charge in [0.15, 0.2) is 0 Å². The molecule has 0 amide bonds. The van der Waals surface area contributed by atoms with Crippen LogP contribution in [-0.2, 0) is 0 Å². The number of rotatable bonds is 3. The third-order valence-corrected chi connectivity index (χ3v) is 1.82. The first-order valence-electron chi connectivity index (χ1n) is 4.37. The Morgan fingerprint density at radius 3 is 2.50 bits per heavy atom. The number of nitro groups is 1. The molecule has 4 nitrogen and oxygen atoms in total. The van der Waals surface area contributed by atoms with E-state index in [4.69, 9.17) is 0 Å². The predicted octanol–water partition coefficient (Wildman–Crippen LogP) is 2.36. The third-order valence-electron chi connectivity index (χ3n) is 1.82. The van der Waals surface area contributed by atoms with Crippen LogP contribution in [0.1, 0.15) is 19.4 Å². The lowest BCUT2D eigenvalue weighted by atomic mass is 10.1. The first-order chi connectivity index (χ1) is 6.61. The van der Waals surface area contributed by atoms with Gasteiger partial charge < -0.3 is 0 Å². The van der Waals surface area contributed by atoms with Gasteiger partial charge in [-0.1, -0.05) is 13.8 Å². The second kappa shape index (κ2) is 4.50. The Morgan fingerprint density at radius 2 is 2.07 bits per heavy atom. The fourth-order valence-electron chi connectivity index (χ4n) is 1.06. The number of nitrogens with zero attached hydrogens (tertiary/aromatic N) is 2. The Bertz CT molecular complexity index is 344. The van der Waals surface area contributed by atoms with Crippen molar-refractivity contribution >= 4 is 6.08 Å². The van der Waals surface area contributed by atoms with Gasteiger partial charge in [-0.15, -0.1) is 0 Å².